The number of rotatable bonds is 5. The Labute approximate surface area is 200 Å². The van der Waals surface area contributed by atoms with Crippen LogP contribution in [0.4, 0.5) is 5.69 Å². The van der Waals surface area contributed by atoms with Gasteiger partial charge in [-0.1, -0.05) is 35.8 Å². The molecule has 1 amide bonds. The van der Waals surface area contributed by atoms with Crippen molar-refractivity contribution in [1.82, 2.24) is 4.98 Å². The molecule has 0 bridgehead atoms. The highest BCUT2D eigenvalue weighted by Gasteiger charge is 2.47. The fourth-order valence-electron chi connectivity index (χ4n) is 4.07. The number of nitrogens with zero attached hydrogens (tertiary/aromatic N) is 2. The van der Waals surface area contributed by atoms with E-state index >= 15 is 0 Å². The molecule has 4 rings (SSSR count). The molecule has 1 saturated heterocycles. The van der Waals surface area contributed by atoms with Crippen molar-refractivity contribution in [3.8, 4) is 5.75 Å². The van der Waals surface area contributed by atoms with E-state index in [0.717, 1.165) is 10.0 Å². The van der Waals surface area contributed by atoms with E-state index in [1.807, 2.05) is 19.9 Å². The summed E-state index contributed by atoms with van der Waals surface area (Å²) >= 11 is 3.43. The summed E-state index contributed by atoms with van der Waals surface area (Å²) in [6.07, 6.45) is 3.20. The van der Waals surface area contributed by atoms with Crippen LogP contribution in [0.5, 0.6) is 5.75 Å². The highest BCUT2D eigenvalue weighted by molar-refractivity contribution is 9.10. The van der Waals surface area contributed by atoms with Gasteiger partial charge in [-0.05, 0) is 65.6 Å². The fraction of sp³-hybridized carbons (Fsp3) is 0.192. The lowest BCUT2D eigenvalue weighted by atomic mass is 9.93. The third-order valence-corrected chi connectivity index (χ3v) is 6.17. The molecule has 0 saturated carbocycles. The number of carbonyl (C=O) groups excluding carboxylic acids is 2. The number of carbonyl (C=O) groups is 2. The van der Waals surface area contributed by atoms with Crippen LogP contribution in [0.25, 0.3) is 5.76 Å². The van der Waals surface area contributed by atoms with Crippen LogP contribution in [0.1, 0.15) is 42.5 Å². The smallest absolute Gasteiger partial charge is 0.300 e. The number of Topliss-reactive ketones (excluding diaryl/α,β-unsaturated/α-hetero) is 1. The summed E-state index contributed by atoms with van der Waals surface area (Å²) in [4.78, 5) is 31.9. The number of hydrogen-bond donors (Lipinski definition) is 1. The second-order valence-corrected chi connectivity index (χ2v) is 8.96. The zero-order valence-corrected chi connectivity index (χ0v) is 20.0. The lowest BCUT2D eigenvalue weighted by molar-refractivity contribution is -0.132. The molecule has 0 spiro atoms. The fourth-order valence-corrected chi connectivity index (χ4v) is 4.46. The second-order valence-electron chi connectivity index (χ2n) is 8.04. The SMILES string of the molecule is COc1ccc(/C(O)=C2/C(=O)C(=O)N(c3cccc(Br)c3)C2c2ccncc2)cc1C(C)C. The number of aliphatic hydroxyl groups is 1. The zero-order valence-electron chi connectivity index (χ0n) is 18.4. The largest absolute Gasteiger partial charge is 0.507 e. The number of aliphatic hydroxyl groups excluding tert-OH is 1. The van der Waals surface area contributed by atoms with Gasteiger partial charge in [-0.3, -0.25) is 19.5 Å². The first-order chi connectivity index (χ1) is 15.8. The van der Waals surface area contributed by atoms with Crippen LogP contribution in [0, 0.1) is 0 Å². The molecular weight excluding hydrogens is 484 g/mol. The average Bonchev–Trinajstić information content (AvgIpc) is 3.09. The molecule has 1 N–H and O–H groups in total. The normalized spacial score (nSPS) is 17.6. The van der Waals surface area contributed by atoms with Gasteiger partial charge in [-0.25, -0.2) is 0 Å². The van der Waals surface area contributed by atoms with Gasteiger partial charge in [0.05, 0.1) is 18.7 Å². The number of ether oxygens (including phenoxy) is 1. The molecule has 3 aromatic rings. The summed E-state index contributed by atoms with van der Waals surface area (Å²) < 4.78 is 6.21. The first-order valence-corrected chi connectivity index (χ1v) is 11.3. The zero-order chi connectivity index (χ0) is 23.7. The molecule has 7 heteroatoms. The molecule has 1 aromatic heterocycles. The standard InChI is InChI=1S/C26H23BrN2O4/c1-15(2)20-13-17(7-8-21(20)33-3)24(30)22-23(16-9-11-28-12-10-16)29(26(32)25(22)31)19-6-4-5-18(27)14-19/h4-15,23,30H,1-3H3/b24-22-. The monoisotopic (exact) mass is 506 g/mol. The first-order valence-electron chi connectivity index (χ1n) is 10.5. The maximum absolute atomic E-state index is 13.3. The van der Waals surface area contributed by atoms with Gasteiger partial charge < -0.3 is 9.84 Å². The number of pyridine rings is 1. The summed E-state index contributed by atoms with van der Waals surface area (Å²) in [6.45, 7) is 4.04. The van der Waals surface area contributed by atoms with Crippen LogP contribution >= 0.6 is 15.9 Å². The molecule has 0 aliphatic carbocycles. The van der Waals surface area contributed by atoms with Crippen molar-refractivity contribution in [2.75, 3.05) is 12.0 Å². The molecule has 168 valence electrons. The number of ketones is 1. The third kappa shape index (κ3) is 4.16. The molecule has 1 aliphatic heterocycles. The van der Waals surface area contributed by atoms with E-state index in [-0.39, 0.29) is 17.3 Å². The number of methoxy groups -OCH3 is 1. The number of benzene rings is 2. The predicted octanol–water partition coefficient (Wildman–Crippen LogP) is 5.60. The molecule has 1 aliphatic rings. The number of amides is 1. The molecular formula is C26H23BrN2O4. The van der Waals surface area contributed by atoms with E-state index in [9.17, 15) is 14.7 Å². The maximum Gasteiger partial charge on any atom is 0.300 e. The highest BCUT2D eigenvalue weighted by Crippen LogP contribution is 2.43. The summed E-state index contributed by atoms with van der Waals surface area (Å²) in [7, 11) is 1.59. The van der Waals surface area contributed by atoms with Crippen LogP contribution in [0.2, 0.25) is 0 Å². The van der Waals surface area contributed by atoms with Gasteiger partial charge >= 0.3 is 0 Å². The van der Waals surface area contributed by atoms with Gasteiger partial charge in [0.15, 0.2) is 0 Å². The van der Waals surface area contributed by atoms with Gasteiger partial charge in [0.2, 0.25) is 0 Å². The van der Waals surface area contributed by atoms with E-state index < -0.39 is 17.7 Å². The number of halogens is 1. The van der Waals surface area contributed by atoms with Crippen molar-refractivity contribution in [1.29, 1.82) is 0 Å². The van der Waals surface area contributed by atoms with Crippen molar-refractivity contribution in [2.24, 2.45) is 0 Å². The Morgan fingerprint density at radius 3 is 2.45 bits per heavy atom. The average molecular weight is 507 g/mol. The van der Waals surface area contributed by atoms with Crippen molar-refractivity contribution in [2.45, 2.75) is 25.8 Å². The lowest BCUT2D eigenvalue weighted by Crippen LogP contribution is -2.29. The van der Waals surface area contributed by atoms with Crippen molar-refractivity contribution in [3.63, 3.8) is 0 Å². The van der Waals surface area contributed by atoms with E-state index in [1.165, 1.54) is 4.90 Å². The molecule has 2 aromatic carbocycles. The minimum atomic E-state index is -0.799. The molecule has 1 fully saturated rings. The minimum absolute atomic E-state index is 0.0334. The summed E-state index contributed by atoms with van der Waals surface area (Å²) in [5, 5.41) is 11.3. The van der Waals surface area contributed by atoms with Crippen LogP contribution < -0.4 is 9.64 Å². The van der Waals surface area contributed by atoms with Gasteiger partial charge in [-0.2, -0.15) is 0 Å². The third-order valence-electron chi connectivity index (χ3n) is 5.68. The van der Waals surface area contributed by atoms with Crippen LogP contribution in [-0.4, -0.2) is 28.9 Å². The van der Waals surface area contributed by atoms with E-state index in [0.29, 0.717) is 22.6 Å². The quantitative estimate of drug-likeness (QED) is 0.276. The molecule has 6 nitrogen and oxygen atoms in total. The Hall–Kier alpha value is -3.45. The Kier molecular flexibility index (Phi) is 6.33. The number of aromatic nitrogens is 1. The summed E-state index contributed by atoms with van der Waals surface area (Å²) in [6, 6.07) is 15.1. The van der Waals surface area contributed by atoms with Gasteiger partial charge in [0.1, 0.15) is 11.5 Å². The van der Waals surface area contributed by atoms with E-state index in [1.54, 1.807) is 68.0 Å². The Morgan fingerprint density at radius 2 is 1.82 bits per heavy atom. The minimum Gasteiger partial charge on any atom is -0.507 e. The predicted molar refractivity (Wildman–Crippen MR) is 130 cm³/mol. The molecule has 1 unspecified atom stereocenters. The van der Waals surface area contributed by atoms with E-state index in [2.05, 4.69) is 20.9 Å². The van der Waals surface area contributed by atoms with E-state index in [4.69, 9.17) is 4.74 Å². The molecule has 1 atom stereocenters. The van der Waals surface area contributed by atoms with Crippen LogP contribution in [0.3, 0.4) is 0 Å². The van der Waals surface area contributed by atoms with Crippen LogP contribution in [-0.2, 0) is 9.59 Å². The van der Waals surface area contributed by atoms with Crippen molar-refractivity contribution < 1.29 is 19.4 Å². The molecule has 0 radical (unpaired) electrons. The second kappa shape index (κ2) is 9.19. The summed E-state index contributed by atoms with van der Waals surface area (Å²) in [5.41, 5.74) is 2.59. The molecule has 2 heterocycles. The maximum atomic E-state index is 13.3. The van der Waals surface area contributed by atoms with Gasteiger partial charge in [-0.15, -0.1) is 0 Å². The molecule has 33 heavy (non-hydrogen) atoms. The summed E-state index contributed by atoms with van der Waals surface area (Å²) in [5.74, 6) is -0.836. The van der Waals surface area contributed by atoms with Gasteiger partial charge in [0, 0.05) is 28.1 Å². The van der Waals surface area contributed by atoms with Crippen LogP contribution in [0.15, 0.2) is 77.0 Å². The van der Waals surface area contributed by atoms with Crippen molar-refractivity contribution in [3.05, 3.63) is 93.7 Å². The topological polar surface area (TPSA) is 79.7 Å². The Bertz CT molecular complexity index is 1250. The highest BCUT2D eigenvalue weighted by atomic mass is 79.9. The van der Waals surface area contributed by atoms with Crippen molar-refractivity contribution >= 4 is 39.1 Å². The Balaban J connectivity index is 1.94. The number of anilines is 1. The van der Waals surface area contributed by atoms with Gasteiger partial charge in [0.25, 0.3) is 11.7 Å². The number of hydrogen-bond acceptors (Lipinski definition) is 5. The Morgan fingerprint density at radius 1 is 1.09 bits per heavy atom. The lowest BCUT2D eigenvalue weighted by Gasteiger charge is -2.25. The first kappa shape index (κ1) is 22.7.